The van der Waals surface area contributed by atoms with Gasteiger partial charge >= 0.3 is 0 Å². The fourth-order valence-corrected chi connectivity index (χ4v) is 5.06. The van der Waals surface area contributed by atoms with Crippen LogP contribution in [0, 0.1) is 6.92 Å². The molecule has 2 amide bonds. The summed E-state index contributed by atoms with van der Waals surface area (Å²) in [5, 5.41) is 12.4. The lowest BCUT2D eigenvalue weighted by molar-refractivity contribution is 0.0925. The van der Waals surface area contributed by atoms with E-state index < -0.39 is 0 Å². The molecule has 5 rings (SSSR count). The molecule has 1 heterocycles. The van der Waals surface area contributed by atoms with Gasteiger partial charge in [-0.05, 0) is 58.9 Å². The van der Waals surface area contributed by atoms with Crippen LogP contribution in [0.3, 0.4) is 0 Å². The number of fused-ring (bicyclic) bond motifs is 1. The Balaban J connectivity index is 1.47. The predicted molar refractivity (Wildman–Crippen MR) is 158 cm³/mol. The van der Waals surface area contributed by atoms with Crippen molar-refractivity contribution in [2.45, 2.75) is 39.8 Å². The third kappa shape index (κ3) is 5.41. The van der Waals surface area contributed by atoms with Crippen LogP contribution in [0.4, 0.5) is 5.69 Å². The number of ether oxygens (including phenoxy) is 1. The average Bonchev–Trinajstić information content (AvgIpc) is 3.21. The van der Waals surface area contributed by atoms with Gasteiger partial charge in [0.15, 0.2) is 0 Å². The minimum absolute atomic E-state index is 0.00838. The fourth-order valence-electron chi connectivity index (χ4n) is 5.06. The standard InChI is InChI=1S/C34H34N2O4/c1-22(2)25-14-12-24(13-15-25)21-40-32-19-30-29(18-27(32)20-35-16-17-37)33(38)36(34(30)39)31-11-7-10-28(23(31)3)26-8-5-4-6-9-26/h4-15,18-19,22,35,37H,16-17,20-21H2,1-3H3. The summed E-state index contributed by atoms with van der Waals surface area (Å²) < 4.78 is 6.22. The molecule has 4 aromatic rings. The molecule has 1 aliphatic heterocycles. The second-order valence-electron chi connectivity index (χ2n) is 10.4. The molecular formula is C34H34N2O4. The van der Waals surface area contributed by atoms with Gasteiger partial charge in [0.2, 0.25) is 0 Å². The summed E-state index contributed by atoms with van der Waals surface area (Å²) >= 11 is 0. The Labute approximate surface area is 235 Å². The summed E-state index contributed by atoms with van der Waals surface area (Å²) in [6.45, 7) is 7.35. The summed E-state index contributed by atoms with van der Waals surface area (Å²) in [5.74, 6) is 0.260. The van der Waals surface area contributed by atoms with E-state index in [0.717, 1.165) is 27.8 Å². The van der Waals surface area contributed by atoms with Crippen LogP contribution < -0.4 is 15.0 Å². The number of nitrogens with zero attached hydrogens (tertiary/aromatic N) is 1. The number of carbonyl (C=O) groups is 2. The van der Waals surface area contributed by atoms with Gasteiger partial charge in [-0.15, -0.1) is 0 Å². The number of amides is 2. The molecule has 0 saturated carbocycles. The second kappa shape index (κ2) is 11.9. The molecule has 6 nitrogen and oxygen atoms in total. The number of carbonyl (C=O) groups excluding carboxylic acids is 2. The molecule has 0 aliphatic carbocycles. The third-order valence-corrected chi connectivity index (χ3v) is 7.34. The van der Waals surface area contributed by atoms with Crippen molar-refractivity contribution in [2.24, 2.45) is 0 Å². The van der Waals surface area contributed by atoms with Crippen molar-refractivity contribution in [2.75, 3.05) is 18.1 Å². The molecule has 204 valence electrons. The highest BCUT2D eigenvalue weighted by molar-refractivity contribution is 6.35. The minimum atomic E-state index is -0.366. The first-order chi connectivity index (χ1) is 19.4. The van der Waals surface area contributed by atoms with E-state index in [1.54, 1.807) is 12.1 Å². The highest BCUT2D eigenvalue weighted by Crippen LogP contribution is 2.37. The van der Waals surface area contributed by atoms with Crippen LogP contribution in [0.25, 0.3) is 11.1 Å². The molecule has 0 fully saturated rings. The molecule has 0 aromatic heterocycles. The van der Waals surface area contributed by atoms with Crippen molar-refractivity contribution in [3.8, 4) is 16.9 Å². The van der Waals surface area contributed by atoms with Crippen molar-refractivity contribution >= 4 is 17.5 Å². The van der Waals surface area contributed by atoms with Gasteiger partial charge in [-0.2, -0.15) is 0 Å². The summed E-state index contributed by atoms with van der Waals surface area (Å²) in [4.78, 5) is 28.6. The van der Waals surface area contributed by atoms with Gasteiger partial charge in [-0.25, -0.2) is 4.90 Å². The number of nitrogens with one attached hydrogen (secondary N) is 1. The molecule has 4 aromatic carbocycles. The number of anilines is 1. The second-order valence-corrected chi connectivity index (χ2v) is 10.4. The number of aliphatic hydroxyl groups excluding tert-OH is 1. The molecule has 0 spiro atoms. The topological polar surface area (TPSA) is 78.9 Å². The maximum atomic E-state index is 13.7. The first-order valence-corrected chi connectivity index (χ1v) is 13.6. The average molecular weight is 535 g/mol. The monoisotopic (exact) mass is 534 g/mol. The SMILES string of the molecule is Cc1c(-c2ccccc2)cccc1N1C(=O)c2cc(CNCCO)c(OCc3ccc(C(C)C)cc3)cc2C1=O. The summed E-state index contributed by atoms with van der Waals surface area (Å²) in [6.07, 6.45) is 0. The highest BCUT2D eigenvalue weighted by atomic mass is 16.5. The zero-order valence-corrected chi connectivity index (χ0v) is 23.1. The minimum Gasteiger partial charge on any atom is -0.489 e. The summed E-state index contributed by atoms with van der Waals surface area (Å²) in [7, 11) is 0. The number of benzene rings is 4. The third-order valence-electron chi connectivity index (χ3n) is 7.34. The molecule has 40 heavy (non-hydrogen) atoms. The first kappa shape index (κ1) is 27.3. The Morgan fingerprint density at radius 3 is 2.23 bits per heavy atom. The van der Waals surface area contributed by atoms with E-state index in [4.69, 9.17) is 4.74 Å². The lowest BCUT2D eigenvalue weighted by Gasteiger charge is -2.19. The van der Waals surface area contributed by atoms with E-state index in [1.165, 1.54) is 10.5 Å². The molecule has 1 aliphatic rings. The molecule has 2 N–H and O–H groups in total. The Hall–Kier alpha value is -4.26. The van der Waals surface area contributed by atoms with Crippen molar-refractivity contribution < 1.29 is 19.4 Å². The van der Waals surface area contributed by atoms with Crippen molar-refractivity contribution in [3.05, 3.63) is 118 Å². The van der Waals surface area contributed by atoms with Crippen molar-refractivity contribution in [1.82, 2.24) is 5.32 Å². The van der Waals surface area contributed by atoms with Gasteiger partial charge in [0.25, 0.3) is 11.8 Å². The quantitative estimate of drug-likeness (QED) is 0.186. The van der Waals surface area contributed by atoms with Crippen LogP contribution in [0.1, 0.15) is 62.7 Å². The van der Waals surface area contributed by atoms with E-state index in [1.807, 2.05) is 67.6 Å². The zero-order valence-electron chi connectivity index (χ0n) is 23.1. The smallest absolute Gasteiger partial charge is 0.266 e. The number of hydrogen-bond donors (Lipinski definition) is 2. The molecule has 0 saturated heterocycles. The van der Waals surface area contributed by atoms with Crippen LogP contribution in [0.15, 0.2) is 84.9 Å². The maximum Gasteiger partial charge on any atom is 0.266 e. The molecule has 6 heteroatoms. The number of hydrogen-bond acceptors (Lipinski definition) is 5. The first-order valence-electron chi connectivity index (χ1n) is 13.6. The van der Waals surface area contributed by atoms with Crippen LogP contribution in [0.5, 0.6) is 5.75 Å². The van der Waals surface area contributed by atoms with E-state index in [2.05, 4.69) is 31.3 Å². The van der Waals surface area contributed by atoms with Crippen molar-refractivity contribution in [3.63, 3.8) is 0 Å². The molecule has 0 bridgehead atoms. The number of rotatable bonds is 10. The van der Waals surface area contributed by atoms with Crippen molar-refractivity contribution in [1.29, 1.82) is 0 Å². The van der Waals surface area contributed by atoms with Crippen LogP contribution in [0.2, 0.25) is 0 Å². The van der Waals surface area contributed by atoms with Crippen LogP contribution >= 0.6 is 0 Å². The molecule has 0 unspecified atom stereocenters. The molecule has 0 radical (unpaired) electrons. The fraction of sp³-hybridized carbons (Fsp3) is 0.235. The lowest BCUT2D eigenvalue weighted by atomic mass is 9.99. The van der Waals surface area contributed by atoms with E-state index >= 15 is 0 Å². The van der Waals surface area contributed by atoms with E-state index in [9.17, 15) is 14.7 Å². The Bertz CT molecular complexity index is 1530. The van der Waals surface area contributed by atoms with Crippen LogP contribution in [-0.2, 0) is 13.2 Å². The molecule has 0 atom stereocenters. The largest absolute Gasteiger partial charge is 0.489 e. The normalized spacial score (nSPS) is 12.8. The van der Waals surface area contributed by atoms with Gasteiger partial charge in [-0.3, -0.25) is 9.59 Å². The van der Waals surface area contributed by atoms with E-state index in [-0.39, 0.29) is 18.4 Å². The maximum absolute atomic E-state index is 13.7. The zero-order chi connectivity index (χ0) is 28.2. The number of imide groups is 1. The lowest BCUT2D eigenvalue weighted by Crippen LogP contribution is -2.30. The summed E-state index contributed by atoms with van der Waals surface area (Å²) in [5.41, 5.74) is 7.11. The predicted octanol–water partition coefficient (Wildman–Crippen LogP) is 6.25. The van der Waals surface area contributed by atoms with Gasteiger partial charge in [0.05, 0.1) is 23.4 Å². The number of aliphatic hydroxyl groups is 1. The Morgan fingerprint density at radius 2 is 1.55 bits per heavy atom. The van der Waals surface area contributed by atoms with Gasteiger partial charge in [0, 0.05) is 18.7 Å². The van der Waals surface area contributed by atoms with Gasteiger partial charge in [0.1, 0.15) is 12.4 Å². The Kier molecular flexibility index (Phi) is 8.10. The Morgan fingerprint density at radius 1 is 0.850 bits per heavy atom. The molecular weight excluding hydrogens is 500 g/mol. The van der Waals surface area contributed by atoms with E-state index in [0.29, 0.717) is 48.2 Å². The van der Waals surface area contributed by atoms with Gasteiger partial charge in [-0.1, -0.05) is 80.6 Å². The summed E-state index contributed by atoms with van der Waals surface area (Å²) in [6, 6.07) is 27.3. The highest BCUT2D eigenvalue weighted by Gasteiger charge is 2.38. The van der Waals surface area contributed by atoms with Gasteiger partial charge < -0.3 is 15.2 Å². The van der Waals surface area contributed by atoms with Crippen LogP contribution in [-0.4, -0.2) is 30.1 Å².